The number of likely N-dealkylation sites (tertiary alicyclic amines) is 1. The third kappa shape index (κ3) is 4.43. The fourth-order valence-corrected chi connectivity index (χ4v) is 6.45. The van der Waals surface area contributed by atoms with Crippen molar-refractivity contribution >= 4 is 34.1 Å². The van der Waals surface area contributed by atoms with Crippen LogP contribution in [0.2, 0.25) is 0 Å². The summed E-state index contributed by atoms with van der Waals surface area (Å²) in [5.41, 5.74) is 3.92. The first-order valence-electron chi connectivity index (χ1n) is 11.5. The number of amides is 2. The molecule has 7 heteroatoms. The Hall–Kier alpha value is -2.15. The molecular formula is C24H32N2O4S. The van der Waals surface area contributed by atoms with Crippen LogP contribution in [-0.2, 0) is 22.4 Å². The number of thiophene rings is 1. The summed E-state index contributed by atoms with van der Waals surface area (Å²) in [5.74, 6) is -2.51. The number of rotatable bonds is 4. The van der Waals surface area contributed by atoms with Gasteiger partial charge in [0, 0.05) is 18.0 Å². The lowest BCUT2D eigenvalue weighted by atomic mass is 9.76. The number of anilines is 1. The fraction of sp³-hybridized carbons (Fsp3) is 0.625. The average molecular weight is 445 g/mol. The monoisotopic (exact) mass is 444 g/mol. The molecule has 0 radical (unpaired) electrons. The lowest BCUT2D eigenvalue weighted by Crippen LogP contribution is -2.38. The lowest BCUT2D eigenvalue weighted by molar-refractivity contribution is -0.146. The maximum Gasteiger partial charge on any atom is 0.307 e. The van der Waals surface area contributed by atoms with Crippen LogP contribution >= 0.6 is 11.3 Å². The SMILES string of the molecule is CC1=C(C)CC(C(=O)Nc2sc3c(c2C(=O)N2CCCCC2)CCCC3)C(C(=O)O)C1. The van der Waals surface area contributed by atoms with E-state index < -0.39 is 17.8 Å². The normalized spacial score (nSPS) is 24.0. The molecule has 2 aliphatic carbocycles. The maximum atomic E-state index is 13.5. The van der Waals surface area contributed by atoms with Crippen LogP contribution in [0.4, 0.5) is 5.00 Å². The average Bonchev–Trinajstić information content (AvgIpc) is 3.12. The molecule has 0 aromatic carbocycles. The molecule has 1 fully saturated rings. The number of hydrogen-bond acceptors (Lipinski definition) is 4. The molecular weight excluding hydrogens is 412 g/mol. The molecule has 0 saturated carbocycles. The van der Waals surface area contributed by atoms with Crippen LogP contribution in [-0.4, -0.2) is 40.9 Å². The summed E-state index contributed by atoms with van der Waals surface area (Å²) in [6.07, 6.45) is 8.03. The molecule has 4 rings (SSSR count). The van der Waals surface area contributed by atoms with Gasteiger partial charge in [-0.3, -0.25) is 14.4 Å². The second-order valence-corrected chi connectivity index (χ2v) is 10.4. The van der Waals surface area contributed by atoms with E-state index in [-0.39, 0.29) is 11.8 Å². The molecule has 0 spiro atoms. The summed E-state index contributed by atoms with van der Waals surface area (Å²) in [6.45, 7) is 5.46. The minimum atomic E-state index is -0.929. The number of hydrogen-bond donors (Lipinski definition) is 2. The quantitative estimate of drug-likeness (QED) is 0.663. The van der Waals surface area contributed by atoms with Gasteiger partial charge in [0.2, 0.25) is 5.91 Å². The summed E-state index contributed by atoms with van der Waals surface area (Å²) in [5, 5.41) is 13.4. The molecule has 2 heterocycles. The summed E-state index contributed by atoms with van der Waals surface area (Å²) in [7, 11) is 0. The van der Waals surface area contributed by atoms with Gasteiger partial charge in [-0.1, -0.05) is 11.1 Å². The van der Waals surface area contributed by atoms with Gasteiger partial charge in [0.15, 0.2) is 0 Å². The van der Waals surface area contributed by atoms with Crippen molar-refractivity contribution in [3.05, 3.63) is 27.2 Å². The molecule has 1 aliphatic heterocycles. The molecule has 2 amide bonds. The van der Waals surface area contributed by atoms with E-state index in [1.807, 2.05) is 18.7 Å². The number of carboxylic acids is 1. The molecule has 2 unspecified atom stereocenters. The predicted molar refractivity (Wildman–Crippen MR) is 122 cm³/mol. The number of nitrogens with one attached hydrogen (secondary N) is 1. The van der Waals surface area contributed by atoms with Crippen molar-refractivity contribution in [1.29, 1.82) is 0 Å². The van der Waals surface area contributed by atoms with E-state index in [2.05, 4.69) is 5.32 Å². The molecule has 0 bridgehead atoms. The number of allylic oxidation sites excluding steroid dienone is 2. The van der Waals surface area contributed by atoms with Crippen LogP contribution in [0.25, 0.3) is 0 Å². The van der Waals surface area contributed by atoms with Gasteiger partial charge in [0.05, 0.1) is 17.4 Å². The van der Waals surface area contributed by atoms with Gasteiger partial charge in [0.25, 0.3) is 5.91 Å². The molecule has 1 saturated heterocycles. The Kier molecular flexibility index (Phi) is 6.51. The highest BCUT2D eigenvalue weighted by molar-refractivity contribution is 7.17. The fourth-order valence-electron chi connectivity index (χ4n) is 5.17. The number of piperidine rings is 1. The molecule has 6 nitrogen and oxygen atoms in total. The van der Waals surface area contributed by atoms with Gasteiger partial charge in [-0.2, -0.15) is 0 Å². The largest absolute Gasteiger partial charge is 0.481 e. The topological polar surface area (TPSA) is 86.7 Å². The van der Waals surface area contributed by atoms with Gasteiger partial charge in [-0.25, -0.2) is 0 Å². The van der Waals surface area contributed by atoms with Gasteiger partial charge in [-0.15, -0.1) is 11.3 Å². The van der Waals surface area contributed by atoms with E-state index in [4.69, 9.17) is 0 Å². The number of aliphatic carboxylic acids is 1. The van der Waals surface area contributed by atoms with E-state index in [1.165, 1.54) is 16.2 Å². The Morgan fingerprint density at radius 2 is 1.58 bits per heavy atom. The molecule has 1 aromatic heterocycles. The predicted octanol–water partition coefficient (Wildman–Crippen LogP) is 4.64. The van der Waals surface area contributed by atoms with Crippen molar-refractivity contribution in [3.63, 3.8) is 0 Å². The van der Waals surface area contributed by atoms with Crippen molar-refractivity contribution < 1.29 is 19.5 Å². The number of aryl methyl sites for hydroxylation is 1. The summed E-state index contributed by atoms with van der Waals surface area (Å²) < 4.78 is 0. The molecule has 2 N–H and O–H groups in total. The zero-order valence-corrected chi connectivity index (χ0v) is 19.3. The van der Waals surface area contributed by atoms with Gasteiger partial charge in [-0.05, 0) is 77.2 Å². The smallest absolute Gasteiger partial charge is 0.307 e. The van der Waals surface area contributed by atoms with E-state index in [1.54, 1.807) is 0 Å². The van der Waals surface area contributed by atoms with Crippen molar-refractivity contribution in [2.75, 3.05) is 18.4 Å². The minimum Gasteiger partial charge on any atom is -0.481 e. The first-order chi connectivity index (χ1) is 14.9. The lowest BCUT2D eigenvalue weighted by Gasteiger charge is -2.30. The summed E-state index contributed by atoms with van der Waals surface area (Å²) >= 11 is 1.52. The van der Waals surface area contributed by atoms with Gasteiger partial charge in [0.1, 0.15) is 5.00 Å². The minimum absolute atomic E-state index is 0.0275. The zero-order chi connectivity index (χ0) is 22.1. The number of nitrogens with zero attached hydrogens (tertiary/aromatic N) is 1. The second-order valence-electron chi connectivity index (χ2n) is 9.28. The molecule has 2 atom stereocenters. The number of fused-ring (bicyclic) bond motifs is 1. The van der Waals surface area contributed by atoms with Gasteiger partial charge >= 0.3 is 5.97 Å². The first-order valence-corrected chi connectivity index (χ1v) is 12.3. The van der Waals surface area contributed by atoms with Crippen LogP contribution in [0.5, 0.6) is 0 Å². The van der Waals surface area contributed by atoms with Crippen LogP contribution in [0, 0.1) is 11.8 Å². The Bertz CT molecular complexity index is 926. The van der Waals surface area contributed by atoms with E-state index in [0.717, 1.165) is 74.7 Å². The van der Waals surface area contributed by atoms with E-state index >= 15 is 0 Å². The highest BCUT2D eigenvalue weighted by atomic mass is 32.1. The highest BCUT2D eigenvalue weighted by Gasteiger charge is 2.38. The van der Waals surface area contributed by atoms with Crippen molar-refractivity contribution in [3.8, 4) is 0 Å². The summed E-state index contributed by atoms with van der Waals surface area (Å²) in [4.78, 5) is 41.7. The van der Waals surface area contributed by atoms with E-state index in [9.17, 15) is 19.5 Å². The van der Waals surface area contributed by atoms with Crippen LogP contribution < -0.4 is 5.32 Å². The van der Waals surface area contributed by atoms with Crippen molar-refractivity contribution in [2.24, 2.45) is 11.8 Å². The standard InChI is InChI=1S/C24H32N2O4S/c1-14-12-17(18(24(29)30)13-15(14)2)21(27)25-22-20(16-8-4-5-9-19(16)31-22)23(28)26-10-6-3-7-11-26/h17-18H,3-13H2,1-2H3,(H,25,27)(H,29,30). The van der Waals surface area contributed by atoms with Crippen LogP contribution in [0.3, 0.4) is 0 Å². The Morgan fingerprint density at radius 3 is 2.26 bits per heavy atom. The molecule has 168 valence electrons. The van der Waals surface area contributed by atoms with Crippen molar-refractivity contribution in [1.82, 2.24) is 4.90 Å². The number of carbonyl (C=O) groups is 3. The van der Waals surface area contributed by atoms with Crippen LogP contribution in [0.1, 0.15) is 79.6 Å². The second kappa shape index (κ2) is 9.15. The summed E-state index contributed by atoms with van der Waals surface area (Å²) in [6, 6.07) is 0. The van der Waals surface area contributed by atoms with Crippen molar-refractivity contribution in [2.45, 2.75) is 71.6 Å². The van der Waals surface area contributed by atoms with Crippen LogP contribution in [0.15, 0.2) is 11.1 Å². The number of carboxylic acid groups (broad SMARTS) is 1. The first kappa shape index (κ1) is 22.1. The Labute approximate surface area is 187 Å². The molecule has 1 aromatic rings. The molecule has 31 heavy (non-hydrogen) atoms. The zero-order valence-electron chi connectivity index (χ0n) is 18.5. The third-order valence-corrected chi connectivity index (χ3v) is 8.39. The third-order valence-electron chi connectivity index (χ3n) is 7.19. The molecule has 3 aliphatic rings. The Morgan fingerprint density at radius 1 is 0.935 bits per heavy atom. The number of carbonyl (C=O) groups excluding carboxylic acids is 2. The highest BCUT2D eigenvalue weighted by Crippen LogP contribution is 2.41. The maximum absolute atomic E-state index is 13.5. The van der Waals surface area contributed by atoms with E-state index in [0.29, 0.717) is 23.4 Å². The van der Waals surface area contributed by atoms with Gasteiger partial charge < -0.3 is 15.3 Å². The Balaban J connectivity index is 1.63.